The van der Waals surface area contributed by atoms with Crippen LogP contribution in [0.5, 0.6) is 0 Å². The molecule has 0 bridgehead atoms. The van der Waals surface area contributed by atoms with E-state index in [1.165, 1.54) is 0 Å². The van der Waals surface area contributed by atoms with Crippen molar-refractivity contribution >= 4 is 11.6 Å². The number of para-hydroxylation sites is 1. The third kappa shape index (κ3) is 2.51. The second kappa shape index (κ2) is 5.39. The van der Waals surface area contributed by atoms with Crippen LogP contribution in [-0.4, -0.2) is 11.9 Å². The van der Waals surface area contributed by atoms with Crippen LogP contribution in [0.25, 0.3) is 0 Å². The van der Waals surface area contributed by atoms with Gasteiger partial charge in [0.25, 0.3) is 5.91 Å². The van der Waals surface area contributed by atoms with Gasteiger partial charge in [0.15, 0.2) is 0 Å². The van der Waals surface area contributed by atoms with Gasteiger partial charge in [-0.15, -0.1) is 0 Å². The summed E-state index contributed by atoms with van der Waals surface area (Å²) in [7, 11) is 0. The van der Waals surface area contributed by atoms with Gasteiger partial charge in [0.1, 0.15) is 0 Å². The predicted octanol–water partition coefficient (Wildman–Crippen LogP) is 2.24. The largest absolute Gasteiger partial charge is 0.316 e. The quantitative estimate of drug-likeness (QED) is 0.935. The third-order valence-corrected chi connectivity index (χ3v) is 3.66. The minimum atomic E-state index is -0.509. The number of anilines is 1. The van der Waals surface area contributed by atoms with E-state index in [9.17, 15) is 4.79 Å². The number of amides is 1. The Morgan fingerprint density at radius 2 is 2.00 bits per heavy atom. The monoisotopic (exact) mass is 277 g/mol. The highest BCUT2D eigenvalue weighted by Gasteiger charge is 2.28. The fourth-order valence-electron chi connectivity index (χ4n) is 2.62. The smallest absolute Gasteiger partial charge is 0.258 e. The zero-order valence-electron chi connectivity index (χ0n) is 11.5. The minimum Gasteiger partial charge on any atom is -0.316 e. The fraction of sp³-hybridized carbons (Fsp3) is 0.176. The maximum Gasteiger partial charge on any atom is 0.258 e. The Bertz CT molecular complexity index is 719. The highest BCUT2D eigenvalue weighted by atomic mass is 16.2. The Balaban J connectivity index is 1.88. The van der Waals surface area contributed by atoms with Crippen molar-refractivity contribution in [3.8, 4) is 6.07 Å². The molecule has 0 fully saturated rings. The average molecular weight is 277 g/mol. The van der Waals surface area contributed by atoms with Gasteiger partial charge in [-0.25, -0.2) is 0 Å². The number of benzene rings is 2. The van der Waals surface area contributed by atoms with E-state index in [1.54, 1.807) is 4.90 Å². The van der Waals surface area contributed by atoms with Gasteiger partial charge in [0, 0.05) is 17.7 Å². The van der Waals surface area contributed by atoms with Crippen LogP contribution in [0.15, 0.2) is 48.5 Å². The molecule has 4 nitrogen and oxygen atoms in total. The average Bonchev–Trinajstić information content (AvgIpc) is 2.84. The summed E-state index contributed by atoms with van der Waals surface area (Å²) in [6.45, 7) is 0.563. The van der Waals surface area contributed by atoms with Crippen molar-refractivity contribution in [2.45, 2.75) is 19.0 Å². The first-order valence-corrected chi connectivity index (χ1v) is 6.83. The van der Waals surface area contributed by atoms with Gasteiger partial charge in [0.05, 0.1) is 18.7 Å². The minimum absolute atomic E-state index is 0.0207. The lowest BCUT2D eigenvalue weighted by Gasteiger charge is -2.15. The van der Waals surface area contributed by atoms with E-state index in [4.69, 9.17) is 11.0 Å². The molecule has 0 aliphatic carbocycles. The van der Waals surface area contributed by atoms with Crippen molar-refractivity contribution in [3.63, 3.8) is 0 Å². The van der Waals surface area contributed by atoms with Crippen LogP contribution < -0.4 is 10.6 Å². The summed E-state index contributed by atoms with van der Waals surface area (Å²) >= 11 is 0. The number of hydrogen-bond acceptors (Lipinski definition) is 3. The molecule has 2 aromatic carbocycles. The molecule has 3 rings (SSSR count). The molecule has 104 valence electrons. The van der Waals surface area contributed by atoms with Crippen LogP contribution in [0.1, 0.15) is 21.5 Å². The molecule has 0 spiro atoms. The van der Waals surface area contributed by atoms with Crippen LogP contribution >= 0.6 is 0 Å². The molecule has 1 aliphatic heterocycles. The van der Waals surface area contributed by atoms with Gasteiger partial charge in [-0.05, 0) is 29.3 Å². The fourth-order valence-corrected chi connectivity index (χ4v) is 2.62. The molecule has 2 N–H and O–H groups in total. The number of nitriles is 1. The van der Waals surface area contributed by atoms with E-state index >= 15 is 0 Å². The normalized spacial score (nSPS) is 14.7. The third-order valence-electron chi connectivity index (χ3n) is 3.66. The van der Waals surface area contributed by atoms with Crippen molar-refractivity contribution in [2.24, 2.45) is 5.73 Å². The van der Waals surface area contributed by atoms with Gasteiger partial charge in [-0.3, -0.25) is 4.79 Å². The van der Waals surface area contributed by atoms with Crippen LogP contribution in [-0.2, 0) is 13.0 Å². The molecular formula is C17H15N3O. The van der Waals surface area contributed by atoms with Gasteiger partial charge < -0.3 is 10.6 Å². The molecule has 0 radical (unpaired) electrons. The number of hydrogen-bond donors (Lipinski definition) is 1. The molecule has 2 aromatic rings. The zero-order chi connectivity index (χ0) is 14.8. The number of rotatable bonds is 3. The van der Waals surface area contributed by atoms with Gasteiger partial charge >= 0.3 is 0 Å². The molecule has 1 amide bonds. The van der Waals surface area contributed by atoms with E-state index in [0.29, 0.717) is 13.0 Å². The molecule has 0 saturated heterocycles. The second-order valence-corrected chi connectivity index (χ2v) is 5.16. The predicted molar refractivity (Wildman–Crippen MR) is 80.7 cm³/mol. The first kappa shape index (κ1) is 13.3. The van der Waals surface area contributed by atoms with Crippen molar-refractivity contribution in [3.05, 3.63) is 65.2 Å². The number of carbonyl (C=O) groups excluding carboxylic acids is 1. The molecule has 21 heavy (non-hydrogen) atoms. The Morgan fingerprint density at radius 3 is 2.71 bits per heavy atom. The Morgan fingerprint density at radius 1 is 1.24 bits per heavy atom. The van der Waals surface area contributed by atoms with E-state index < -0.39 is 6.04 Å². The van der Waals surface area contributed by atoms with Gasteiger partial charge in [-0.2, -0.15) is 5.26 Å². The Hall–Kier alpha value is -2.64. The molecule has 0 saturated carbocycles. The summed E-state index contributed by atoms with van der Waals surface area (Å²) in [5.41, 5.74) is 9.27. The SMILES string of the molecule is N#CC(N)Cc1ccc2c(c1)CN(c1ccccc1)C2=O. The number of nitrogens with two attached hydrogens (primary N) is 1. The lowest BCUT2D eigenvalue weighted by molar-refractivity contribution is 0.0996. The number of fused-ring (bicyclic) bond motifs is 1. The molecule has 1 atom stereocenters. The Kier molecular flexibility index (Phi) is 3.43. The standard InChI is InChI=1S/C17H15N3O/c18-10-14(19)9-12-6-7-16-13(8-12)11-20(17(16)21)15-4-2-1-3-5-15/h1-8,14H,9,11,19H2. The van der Waals surface area contributed by atoms with Crippen molar-refractivity contribution in [2.75, 3.05) is 4.90 Å². The van der Waals surface area contributed by atoms with Crippen LogP contribution in [0.2, 0.25) is 0 Å². The van der Waals surface area contributed by atoms with E-state index in [0.717, 1.165) is 22.4 Å². The second-order valence-electron chi connectivity index (χ2n) is 5.16. The maximum absolute atomic E-state index is 12.4. The maximum atomic E-state index is 12.4. The van der Waals surface area contributed by atoms with Crippen molar-refractivity contribution in [1.82, 2.24) is 0 Å². The van der Waals surface area contributed by atoms with Crippen molar-refractivity contribution < 1.29 is 4.79 Å². The molecule has 1 heterocycles. The molecule has 1 aliphatic rings. The summed E-state index contributed by atoms with van der Waals surface area (Å²) in [6.07, 6.45) is 0.503. The zero-order valence-corrected chi connectivity index (χ0v) is 11.5. The van der Waals surface area contributed by atoms with Crippen molar-refractivity contribution in [1.29, 1.82) is 5.26 Å². The van der Waals surface area contributed by atoms with Crippen LogP contribution in [0.4, 0.5) is 5.69 Å². The summed E-state index contributed by atoms with van der Waals surface area (Å²) in [6, 6.07) is 16.8. The number of carbonyl (C=O) groups is 1. The first-order valence-electron chi connectivity index (χ1n) is 6.83. The summed E-state index contributed by atoms with van der Waals surface area (Å²) < 4.78 is 0. The Labute approximate surface area is 123 Å². The van der Waals surface area contributed by atoms with Gasteiger partial charge in [0.2, 0.25) is 0 Å². The summed E-state index contributed by atoms with van der Waals surface area (Å²) in [5.74, 6) is 0.0207. The molecule has 0 aromatic heterocycles. The highest BCUT2D eigenvalue weighted by molar-refractivity contribution is 6.10. The summed E-state index contributed by atoms with van der Waals surface area (Å²) in [4.78, 5) is 14.2. The van der Waals surface area contributed by atoms with E-state index in [2.05, 4.69) is 0 Å². The van der Waals surface area contributed by atoms with E-state index in [-0.39, 0.29) is 5.91 Å². The van der Waals surface area contributed by atoms with Gasteiger partial charge in [-0.1, -0.05) is 30.3 Å². The molecule has 1 unspecified atom stereocenters. The van der Waals surface area contributed by atoms with Crippen LogP contribution in [0, 0.1) is 11.3 Å². The lowest BCUT2D eigenvalue weighted by atomic mass is 10.0. The topological polar surface area (TPSA) is 70.1 Å². The number of nitrogens with zero attached hydrogens (tertiary/aromatic N) is 2. The first-order chi connectivity index (χ1) is 10.2. The van der Waals surface area contributed by atoms with E-state index in [1.807, 2.05) is 54.6 Å². The highest BCUT2D eigenvalue weighted by Crippen LogP contribution is 2.28. The summed E-state index contributed by atoms with van der Waals surface area (Å²) in [5, 5.41) is 8.78. The van der Waals surface area contributed by atoms with Crippen LogP contribution in [0.3, 0.4) is 0 Å². The lowest BCUT2D eigenvalue weighted by Crippen LogP contribution is -2.22. The molecular weight excluding hydrogens is 262 g/mol. The molecule has 4 heteroatoms.